The Morgan fingerprint density at radius 3 is 2.60 bits per heavy atom. The number of nitrogens with zero attached hydrogens (tertiary/aromatic N) is 3. The smallest absolute Gasteiger partial charge is 0.307 e. The van der Waals surface area contributed by atoms with E-state index in [2.05, 4.69) is 10.1 Å². The molecule has 188 valence electrons. The molecule has 1 aromatic carbocycles. The van der Waals surface area contributed by atoms with Gasteiger partial charge in [0.25, 0.3) is 10.0 Å². The Hall–Kier alpha value is -3.31. The van der Waals surface area contributed by atoms with Crippen molar-refractivity contribution in [1.29, 1.82) is 0 Å². The Morgan fingerprint density at radius 1 is 1.29 bits per heavy atom. The van der Waals surface area contributed by atoms with Crippen molar-refractivity contribution in [2.24, 2.45) is 5.14 Å². The lowest BCUT2D eigenvalue weighted by molar-refractivity contribution is -0.136. The molecule has 3 aromatic rings. The fourth-order valence-corrected chi connectivity index (χ4v) is 4.31. The average Bonchev–Trinajstić information content (AvgIpc) is 3.16. The minimum atomic E-state index is -4.27. The lowest BCUT2D eigenvalue weighted by Crippen LogP contribution is -2.29. The number of carboxylic acids is 1. The van der Waals surface area contributed by atoms with Crippen LogP contribution in [0.25, 0.3) is 11.1 Å². The van der Waals surface area contributed by atoms with Crippen molar-refractivity contribution in [2.45, 2.75) is 57.0 Å². The third kappa shape index (κ3) is 6.23. The molecule has 0 spiro atoms. The lowest BCUT2D eigenvalue weighted by Gasteiger charge is -2.25. The number of carboxylic acid groups (broad SMARTS) is 1. The van der Waals surface area contributed by atoms with Crippen LogP contribution in [0.15, 0.2) is 47.8 Å². The Bertz CT molecular complexity index is 1340. The van der Waals surface area contributed by atoms with Crippen LogP contribution in [0.3, 0.4) is 0 Å². The molecule has 0 atom stereocenters. The largest absolute Gasteiger partial charge is 0.481 e. The third-order valence-corrected chi connectivity index (χ3v) is 6.52. The van der Waals surface area contributed by atoms with Gasteiger partial charge in [0.05, 0.1) is 24.8 Å². The second kappa shape index (κ2) is 10.1. The number of carbonyl (C=O) groups is 1. The fraction of sp³-hybridized carbons (Fsp3) is 0.375. The summed E-state index contributed by atoms with van der Waals surface area (Å²) in [4.78, 5) is 15.8. The van der Waals surface area contributed by atoms with Gasteiger partial charge in [0, 0.05) is 18.7 Å². The van der Waals surface area contributed by atoms with Gasteiger partial charge < -0.3 is 9.84 Å². The number of sulfonamides is 1. The molecule has 0 aliphatic rings. The molecule has 0 radical (unpaired) electrons. The molecule has 3 N–H and O–H groups in total. The quantitative estimate of drug-likeness (QED) is 0.429. The summed E-state index contributed by atoms with van der Waals surface area (Å²) < 4.78 is 44.0. The van der Waals surface area contributed by atoms with Crippen molar-refractivity contribution >= 4 is 16.0 Å². The van der Waals surface area contributed by atoms with Crippen LogP contribution < -0.4 is 9.88 Å². The van der Waals surface area contributed by atoms with Crippen molar-refractivity contribution in [1.82, 2.24) is 14.8 Å². The third-order valence-electron chi connectivity index (χ3n) is 5.70. The number of halogens is 1. The Balaban J connectivity index is 1.79. The summed E-state index contributed by atoms with van der Waals surface area (Å²) >= 11 is 0. The highest BCUT2D eigenvalue weighted by molar-refractivity contribution is 7.89. The topological polar surface area (TPSA) is 137 Å². The average molecular weight is 505 g/mol. The zero-order valence-corrected chi connectivity index (χ0v) is 20.8. The first-order chi connectivity index (χ1) is 16.3. The second-order valence-electron chi connectivity index (χ2n) is 9.16. The fourth-order valence-electron chi connectivity index (χ4n) is 3.78. The number of hydrogen-bond donors (Lipinski definition) is 2. The number of primary sulfonamides is 1. The second-order valence-corrected chi connectivity index (χ2v) is 10.6. The van der Waals surface area contributed by atoms with E-state index in [4.69, 9.17) is 9.88 Å². The molecule has 2 heterocycles. The SMILES string of the molecule is CC(C)c1cccc(-c2ccnc(OCCC(C)(C)n3cc(F)c(S(N)(=O)=O)n3)c2)c1CC(=O)O. The van der Waals surface area contributed by atoms with Gasteiger partial charge in [0.15, 0.2) is 5.82 Å². The zero-order valence-electron chi connectivity index (χ0n) is 20.0. The number of hydrogen-bond acceptors (Lipinski definition) is 6. The summed E-state index contributed by atoms with van der Waals surface area (Å²) in [5.41, 5.74) is 2.52. The summed E-state index contributed by atoms with van der Waals surface area (Å²) in [6, 6.07) is 9.25. The van der Waals surface area contributed by atoms with Gasteiger partial charge in [0.1, 0.15) is 0 Å². The van der Waals surface area contributed by atoms with E-state index in [0.29, 0.717) is 12.3 Å². The predicted molar refractivity (Wildman–Crippen MR) is 128 cm³/mol. The maximum atomic E-state index is 14.0. The van der Waals surface area contributed by atoms with Gasteiger partial charge >= 0.3 is 5.97 Å². The number of nitrogens with two attached hydrogens (primary N) is 1. The van der Waals surface area contributed by atoms with E-state index in [9.17, 15) is 22.7 Å². The first kappa shape index (κ1) is 26.3. The molecule has 0 aliphatic heterocycles. The highest BCUT2D eigenvalue weighted by Gasteiger charge is 2.27. The first-order valence-corrected chi connectivity index (χ1v) is 12.6. The Kier molecular flexibility index (Phi) is 7.61. The van der Waals surface area contributed by atoms with Crippen molar-refractivity contribution in [3.63, 3.8) is 0 Å². The van der Waals surface area contributed by atoms with Crippen LogP contribution in [0.1, 0.15) is 51.2 Å². The summed E-state index contributed by atoms with van der Waals surface area (Å²) in [7, 11) is -4.27. The molecule has 0 unspecified atom stereocenters. The highest BCUT2D eigenvalue weighted by Crippen LogP contribution is 2.32. The molecule has 0 fully saturated rings. The molecule has 9 nitrogen and oxygen atoms in total. The molecule has 2 aromatic heterocycles. The maximum Gasteiger partial charge on any atom is 0.307 e. The van der Waals surface area contributed by atoms with Gasteiger partial charge in [-0.1, -0.05) is 32.0 Å². The number of benzene rings is 1. The standard InChI is InChI=1S/C24H29FN4O5S/c1-15(2)17-6-5-7-18(19(17)13-22(30)31)16-8-10-27-21(12-16)34-11-9-24(3,4)29-14-20(25)23(28-29)35(26,32)33/h5-8,10,12,14-15H,9,11,13H2,1-4H3,(H,30,31)(H2,26,32,33). The van der Waals surface area contributed by atoms with E-state index in [1.54, 1.807) is 32.2 Å². The molecule has 0 saturated heterocycles. The van der Waals surface area contributed by atoms with Crippen LogP contribution in [0.2, 0.25) is 0 Å². The van der Waals surface area contributed by atoms with Crippen molar-refractivity contribution in [2.75, 3.05) is 6.61 Å². The van der Waals surface area contributed by atoms with E-state index in [1.807, 2.05) is 32.0 Å². The van der Waals surface area contributed by atoms with Crippen LogP contribution in [0.5, 0.6) is 5.88 Å². The van der Waals surface area contributed by atoms with E-state index in [0.717, 1.165) is 28.5 Å². The molecule has 0 aliphatic carbocycles. The van der Waals surface area contributed by atoms with Crippen LogP contribution in [0, 0.1) is 5.82 Å². The lowest BCUT2D eigenvalue weighted by atomic mass is 9.89. The highest BCUT2D eigenvalue weighted by atomic mass is 32.2. The van der Waals surface area contributed by atoms with E-state index in [1.165, 1.54) is 4.68 Å². The number of ether oxygens (including phenoxy) is 1. The van der Waals surface area contributed by atoms with E-state index >= 15 is 0 Å². The minimum absolute atomic E-state index is 0.0999. The molecular weight excluding hydrogens is 475 g/mol. The Morgan fingerprint density at radius 2 is 2.00 bits per heavy atom. The number of aromatic nitrogens is 3. The van der Waals surface area contributed by atoms with Crippen molar-refractivity contribution in [3.8, 4) is 17.0 Å². The number of rotatable bonds is 10. The predicted octanol–water partition coefficient (Wildman–Crippen LogP) is 3.69. The number of aliphatic carboxylic acids is 1. The summed E-state index contributed by atoms with van der Waals surface area (Å²) in [5.74, 6) is -1.43. The van der Waals surface area contributed by atoms with E-state index in [-0.39, 0.29) is 18.9 Å². The van der Waals surface area contributed by atoms with Crippen LogP contribution in [-0.2, 0) is 26.8 Å². The van der Waals surface area contributed by atoms with Crippen LogP contribution in [0.4, 0.5) is 4.39 Å². The molecule has 0 amide bonds. The van der Waals surface area contributed by atoms with Crippen molar-refractivity contribution in [3.05, 3.63) is 59.7 Å². The van der Waals surface area contributed by atoms with Gasteiger partial charge in [-0.15, -0.1) is 0 Å². The van der Waals surface area contributed by atoms with Gasteiger partial charge in [0.2, 0.25) is 10.9 Å². The number of pyridine rings is 1. The molecule has 11 heteroatoms. The maximum absolute atomic E-state index is 14.0. The zero-order chi connectivity index (χ0) is 26.0. The summed E-state index contributed by atoms with van der Waals surface area (Å²) in [5, 5.41) is 17.4. The van der Waals surface area contributed by atoms with E-state index < -0.39 is 32.4 Å². The molecule has 3 rings (SSSR count). The van der Waals surface area contributed by atoms with Gasteiger partial charge in [-0.05, 0) is 48.1 Å². The summed E-state index contributed by atoms with van der Waals surface area (Å²) in [6.07, 6.45) is 2.84. The van der Waals surface area contributed by atoms with Gasteiger partial charge in [-0.3, -0.25) is 9.48 Å². The van der Waals surface area contributed by atoms with Crippen LogP contribution in [-0.4, -0.2) is 40.9 Å². The normalized spacial score (nSPS) is 12.2. The van der Waals surface area contributed by atoms with Crippen molar-refractivity contribution < 1.29 is 27.4 Å². The van der Waals surface area contributed by atoms with Gasteiger partial charge in [-0.2, -0.15) is 5.10 Å². The van der Waals surface area contributed by atoms with Gasteiger partial charge in [-0.25, -0.2) is 22.9 Å². The minimum Gasteiger partial charge on any atom is -0.481 e. The first-order valence-electron chi connectivity index (χ1n) is 11.0. The Labute approximate surface area is 203 Å². The monoisotopic (exact) mass is 504 g/mol. The van der Waals surface area contributed by atoms with Crippen LogP contribution >= 0.6 is 0 Å². The molecular formula is C24H29FN4O5S. The molecule has 0 bridgehead atoms. The molecule has 35 heavy (non-hydrogen) atoms. The molecule has 0 saturated carbocycles. The summed E-state index contributed by atoms with van der Waals surface area (Å²) in [6.45, 7) is 7.74.